The van der Waals surface area contributed by atoms with Crippen LogP contribution in [0.15, 0.2) is 29.5 Å². The van der Waals surface area contributed by atoms with Crippen molar-refractivity contribution >= 4 is 29.6 Å². The van der Waals surface area contributed by atoms with Gasteiger partial charge in [0.25, 0.3) is 0 Å². The van der Waals surface area contributed by atoms with E-state index in [1.54, 1.807) is 32.0 Å². The Bertz CT molecular complexity index is 762. The van der Waals surface area contributed by atoms with Crippen LogP contribution in [0, 0.1) is 0 Å². The molecular weight excluding hydrogens is 364 g/mol. The van der Waals surface area contributed by atoms with Crippen molar-refractivity contribution in [2.75, 3.05) is 20.3 Å². The summed E-state index contributed by atoms with van der Waals surface area (Å²) in [6.45, 7) is 3.18. The minimum absolute atomic E-state index is 0.204. The molecule has 0 aliphatic carbocycles. The molecule has 1 aromatic carbocycles. The van der Waals surface area contributed by atoms with Gasteiger partial charge in [0, 0.05) is 16.3 Å². The van der Waals surface area contributed by atoms with Gasteiger partial charge in [-0.1, -0.05) is 11.6 Å². The average molecular weight is 383 g/mol. The molecule has 0 saturated heterocycles. The van der Waals surface area contributed by atoms with Crippen LogP contribution < -0.4 is 15.4 Å². The molecule has 0 bridgehead atoms. The van der Waals surface area contributed by atoms with Gasteiger partial charge in [0.05, 0.1) is 25.3 Å². The second-order valence-corrected chi connectivity index (χ2v) is 5.77. The maximum absolute atomic E-state index is 12.2. The van der Waals surface area contributed by atoms with Gasteiger partial charge >= 0.3 is 18.0 Å². The van der Waals surface area contributed by atoms with Gasteiger partial charge in [0.15, 0.2) is 6.61 Å². The van der Waals surface area contributed by atoms with Crippen molar-refractivity contribution in [3.05, 3.63) is 40.1 Å². The lowest BCUT2D eigenvalue weighted by Crippen LogP contribution is -2.45. The van der Waals surface area contributed by atoms with Gasteiger partial charge in [-0.05, 0) is 32.0 Å². The molecule has 8 nitrogen and oxygen atoms in total. The van der Waals surface area contributed by atoms with E-state index < -0.39 is 24.0 Å². The number of urea groups is 1. The van der Waals surface area contributed by atoms with Gasteiger partial charge in [-0.3, -0.25) is 0 Å². The fraction of sp³-hybridized carbons (Fsp3) is 0.353. The third-order valence-electron chi connectivity index (χ3n) is 3.61. The number of carbonyl (C=O) groups excluding carboxylic acids is 3. The summed E-state index contributed by atoms with van der Waals surface area (Å²) in [4.78, 5) is 35.7. The normalized spacial score (nSPS) is 16.5. The zero-order valence-corrected chi connectivity index (χ0v) is 15.3. The van der Waals surface area contributed by atoms with E-state index in [1.807, 2.05) is 0 Å². The molecule has 2 N–H and O–H groups in total. The highest BCUT2D eigenvalue weighted by Gasteiger charge is 2.33. The Hall–Kier alpha value is -2.74. The summed E-state index contributed by atoms with van der Waals surface area (Å²) in [5.41, 5.74) is 0.966. The second-order valence-electron chi connectivity index (χ2n) is 5.34. The van der Waals surface area contributed by atoms with E-state index in [0.29, 0.717) is 16.3 Å². The molecule has 2 amide bonds. The molecule has 9 heteroatoms. The van der Waals surface area contributed by atoms with Crippen LogP contribution in [0.3, 0.4) is 0 Å². The van der Waals surface area contributed by atoms with Crippen molar-refractivity contribution in [2.24, 2.45) is 0 Å². The number of benzene rings is 1. The van der Waals surface area contributed by atoms with Crippen LogP contribution >= 0.6 is 11.6 Å². The number of halogens is 1. The third-order valence-corrected chi connectivity index (χ3v) is 3.84. The quantitative estimate of drug-likeness (QED) is 0.730. The van der Waals surface area contributed by atoms with Gasteiger partial charge < -0.3 is 24.8 Å². The highest BCUT2D eigenvalue weighted by Crippen LogP contribution is 2.35. The van der Waals surface area contributed by atoms with Crippen molar-refractivity contribution in [3.63, 3.8) is 0 Å². The number of rotatable bonds is 6. The molecule has 0 radical (unpaired) electrons. The van der Waals surface area contributed by atoms with Crippen LogP contribution in [0.4, 0.5) is 4.79 Å². The van der Waals surface area contributed by atoms with Gasteiger partial charge in [0.2, 0.25) is 0 Å². The molecule has 0 spiro atoms. The van der Waals surface area contributed by atoms with Gasteiger partial charge in [-0.2, -0.15) is 0 Å². The van der Waals surface area contributed by atoms with Crippen LogP contribution in [-0.4, -0.2) is 38.3 Å². The summed E-state index contributed by atoms with van der Waals surface area (Å²) in [6, 6.07) is 3.33. The first-order valence-corrected chi connectivity index (χ1v) is 8.19. The van der Waals surface area contributed by atoms with Crippen molar-refractivity contribution in [1.82, 2.24) is 10.6 Å². The topological polar surface area (TPSA) is 103 Å². The summed E-state index contributed by atoms with van der Waals surface area (Å²) in [6.07, 6.45) is 0. The maximum Gasteiger partial charge on any atom is 0.344 e. The van der Waals surface area contributed by atoms with Gasteiger partial charge in [-0.15, -0.1) is 0 Å². The molecular formula is C17H19ClN2O6. The highest BCUT2D eigenvalue weighted by molar-refractivity contribution is 6.30. The molecule has 26 heavy (non-hydrogen) atoms. The Balaban J connectivity index is 2.42. The molecule has 2 rings (SSSR count). The summed E-state index contributed by atoms with van der Waals surface area (Å²) < 4.78 is 15.2. The Labute approximate surface area is 155 Å². The summed E-state index contributed by atoms with van der Waals surface area (Å²) in [5.74, 6) is -0.872. The van der Waals surface area contributed by atoms with E-state index in [1.165, 1.54) is 7.11 Å². The molecule has 1 aliphatic rings. The van der Waals surface area contributed by atoms with Crippen LogP contribution in [0.2, 0.25) is 5.02 Å². The average Bonchev–Trinajstić information content (AvgIpc) is 2.59. The van der Waals surface area contributed by atoms with E-state index in [4.69, 9.17) is 25.8 Å². The van der Waals surface area contributed by atoms with Crippen molar-refractivity contribution < 1.29 is 28.6 Å². The second kappa shape index (κ2) is 8.57. The van der Waals surface area contributed by atoms with E-state index in [9.17, 15) is 14.4 Å². The first-order chi connectivity index (χ1) is 12.4. The molecule has 0 unspecified atom stereocenters. The number of hydrogen-bond acceptors (Lipinski definition) is 6. The fourth-order valence-corrected chi connectivity index (χ4v) is 2.70. The summed E-state index contributed by atoms with van der Waals surface area (Å²) >= 11 is 6.07. The SMILES string of the molecule is CCOC(=O)COc1ccc(Cl)cc1[C@@H]1NC(=O)NC(C)=C1C(=O)OC. The Morgan fingerprint density at radius 2 is 2.04 bits per heavy atom. The number of ether oxygens (including phenoxy) is 3. The zero-order chi connectivity index (χ0) is 19.3. The predicted octanol–water partition coefficient (Wildman–Crippen LogP) is 2.08. The lowest BCUT2D eigenvalue weighted by atomic mass is 9.95. The largest absolute Gasteiger partial charge is 0.482 e. The third kappa shape index (κ3) is 4.45. The number of carbonyl (C=O) groups is 3. The maximum atomic E-state index is 12.2. The zero-order valence-electron chi connectivity index (χ0n) is 14.6. The number of methoxy groups -OCH3 is 1. The van der Waals surface area contributed by atoms with E-state index >= 15 is 0 Å². The van der Waals surface area contributed by atoms with Gasteiger partial charge in [0.1, 0.15) is 5.75 Å². The standard InChI is InChI=1S/C17H19ClN2O6/c1-4-25-13(21)8-26-12-6-5-10(18)7-11(12)15-14(16(22)24-3)9(2)19-17(23)20-15/h5-7,15H,4,8H2,1-3H3,(H2,19,20,23)/t15-/m0/s1. The first kappa shape index (κ1) is 19.6. The van der Waals surface area contributed by atoms with Crippen LogP contribution in [0.25, 0.3) is 0 Å². The van der Waals surface area contributed by atoms with E-state index in [-0.39, 0.29) is 24.5 Å². The lowest BCUT2D eigenvalue weighted by molar-refractivity contribution is -0.145. The van der Waals surface area contributed by atoms with Crippen LogP contribution in [0.1, 0.15) is 25.5 Å². The minimum atomic E-state index is -0.855. The smallest absolute Gasteiger partial charge is 0.344 e. The van der Waals surface area contributed by atoms with Crippen molar-refractivity contribution in [1.29, 1.82) is 0 Å². The van der Waals surface area contributed by atoms with Crippen LogP contribution in [-0.2, 0) is 19.1 Å². The Kier molecular flexibility index (Phi) is 6.46. The predicted molar refractivity (Wildman–Crippen MR) is 92.7 cm³/mol. The molecule has 140 valence electrons. The van der Waals surface area contributed by atoms with Crippen molar-refractivity contribution in [3.8, 4) is 5.75 Å². The molecule has 1 heterocycles. The number of nitrogens with one attached hydrogen (secondary N) is 2. The minimum Gasteiger partial charge on any atom is -0.482 e. The molecule has 0 fully saturated rings. The summed E-state index contributed by atoms with van der Waals surface area (Å²) in [7, 11) is 1.24. The van der Waals surface area contributed by atoms with Crippen molar-refractivity contribution in [2.45, 2.75) is 19.9 Å². The molecule has 0 saturated carbocycles. The molecule has 1 aliphatic heterocycles. The lowest BCUT2D eigenvalue weighted by Gasteiger charge is -2.29. The molecule has 1 atom stereocenters. The molecule has 0 aromatic heterocycles. The Morgan fingerprint density at radius 1 is 1.31 bits per heavy atom. The number of esters is 2. The highest BCUT2D eigenvalue weighted by atomic mass is 35.5. The number of hydrogen-bond donors (Lipinski definition) is 2. The Morgan fingerprint density at radius 3 is 2.69 bits per heavy atom. The number of allylic oxidation sites excluding steroid dienone is 1. The van der Waals surface area contributed by atoms with E-state index in [0.717, 1.165) is 0 Å². The van der Waals surface area contributed by atoms with Gasteiger partial charge in [-0.25, -0.2) is 14.4 Å². The fourth-order valence-electron chi connectivity index (χ4n) is 2.52. The van der Waals surface area contributed by atoms with Crippen LogP contribution in [0.5, 0.6) is 5.75 Å². The molecule has 1 aromatic rings. The van der Waals surface area contributed by atoms with E-state index in [2.05, 4.69) is 10.6 Å². The first-order valence-electron chi connectivity index (χ1n) is 7.81. The summed E-state index contributed by atoms with van der Waals surface area (Å²) in [5, 5.41) is 5.54. The number of amides is 2. The monoisotopic (exact) mass is 382 g/mol.